The summed E-state index contributed by atoms with van der Waals surface area (Å²) in [4.78, 5) is 73.1. The number of allylic oxidation sites excluding steroid dienone is 28. The van der Waals surface area contributed by atoms with E-state index in [0.29, 0.717) is 38.5 Å². The van der Waals surface area contributed by atoms with Crippen molar-refractivity contribution in [2.45, 2.75) is 329 Å². The van der Waals surface area contributed by atoms with Gasteiger partial charge in [0.1, 0.15) is 19.3 Å². The fourth-order valence-electron chi connectivity index (χ4n) is 10.4. The maximum Gasteiger partial charge on any atom is 0.472 e. The number of hydrogen-bond acceptors (Lipinski definition) is 15. The number of carbonyl (C=O) groups is 4. The van der Waals surface area contributed by atoms with Gasteiger partial charge in [-0.3, -0.25) is 37.3 Å². The number of ether oxygens (including phenoxy) is 4. The molecule has 0 aromatic carbocycles. The van der Waals surface area contributed by atoms with Crippen LogP contribution < -0.4 is 0 Å². The first kappa shape index (κ1) is 102. The van der Waals surface area contributed by atoms with Gasteiger partial charge in [0, 0.05) is 25.7 Å². The van der Waals surface area contributed by atoms with Gasteiger partial charge in [0.05, 0.1) is 26.4 Å². The Hall–Kier alpha value is -5.58. The molecule has 5 atom stereocenters. The van der Waals surface area contributed by atoms with Crippen molar-refractivity contribution in [3.63, 3.8) is 0 Å². The molecule has 0 aliphatic carbocycles. The molecular weight excluding hydrogens is 1400 g/mol. The third-order valence-electron chi connectivity index (χ3n) is 16.7. The quantitative estimate of drug-likeness (QED) is 0.0169. The molecule has 0 rings (SSSR count). The molecule has 0 fully saturated rings. The second-order valence-corrected chi connectivity index (χ2v) is 29.8. The minimum absolute atomic E-state index is 0.0138. The first-order valence-corrected chi connectivity index (χ1v) is 44.4. The number of hydrogen-bond donors (Lipinski definition) is 3. The molecule has 0 heterocycles. The van der Waals surface area contributed by atoms with Crippen LogP contribution in [-0.2, 0) is 65.4 Å². The molecule has 0 aliphatic rings. The predicted octanol–water partition coefficient (Wildman–Crippen LogP) is 24.6. The molecule has 17 nitrogen and oxygen atoms in total. The molecule has 0 spiro atoms. The zero-order valence-electron chi connectivity index (χ0n) is 67.2. The monoisotopic (exact) mass is 1550 g/mol. The van der Waals surface area contributed by atoms with Crippen molar-refractivity contribution in [2.24, 2.45) is 0 Å². The Morgan fingerprint density at radius 2 is 0.500 bits per heavy atom. The summed E-state index contributed by atoms with van der Waals surface area (Å²) >= 11 is 0. The summed E-state index contributed by atoms with van der Waals surface area (Å²) in [7, 11) is -10.0. The molecule has 0 bridgehead atoms. The van der Waals surface area contributed by atoms with E-state index in [1.807, 2.05) is 36.5 Å². The lowest BCUT2D eigenvalue weighted by Gasteiger charge is -2.21. The first-order chi connectivity index (χ1) is 52.7. The summed E-state index contributed by atoms with van der Waals surface area (Å²) in [5, 5.41) is 10.7. The number of carbonyl (C=O) groups excluding carboxylic acids is 4. The Kier molecular flexibility index (Phi) is 75.4. The summed E-state index contributed by atoms with van der Waals surface area (Å²) in [6.45, 7) is 4.45. The molecule has 0 radical (unpaired) electrons. The number of unbranched alkanes of at least 4 members (excludes halogenated alkanes) is 22. The molecule has 0 aromatic rings. The van der Waals surface area contributed by atoms with Gasteiger partial charge in [-0.1, -0.05) is 301 Å². The van der Waals surface area contributed by atoms with Crippen molar-refractivity contribution in [3.8, 4) is 0 Å². The predicted molar refractivity (Wildman–Crippen MR) is 445 cm³/mol. The minimum atomic E-state index is -5.02. The van der Waals surface area contributed by atoms with Crippen molar-refractivity contribution in [1.29, 1.82) is 0 Å². The van der Waals surface area contributed by atoms with E-state index in [9.17, 15) is 43.2 Å². The fraction of sp³-hybridized carbons (Fsp3) is 0.640. The largest absolute Gasteiger partial charge is 0.472 e. The minimum Gasteiger partial charge on any atom is -0.462 e. The zero-order chi connectivity index (χ0) is 78.9. The van der Waals surface area contributed by atoms with E-state index >= 15 is 0 Å². The van der Waals surface area contributed by atoms with Crippen LogP contribution in [0.5, 0.6) is 0 Å². The summed E-state index contributed by atoms with van der Waals surface area (Å²) in [5.74, 6) is -2.40. The van der Waals surface area contributed by atoms with Crippen LogP contribution in [0.4, 0.5) is 0 Å². The molecule has 0 saturated carbocycles. The van der Waals surface area contributed by atoms with Crippen molar-refractivity contribution < 1.29 is 80.2 Å². The molecule has 3 N–H and O–H groups in total. The average Bonchev–Trinajstić information content (AvgIpc) is 0.896. The molecular formula is C89H146O17P2. The maximum atomic E-state index is 13.1. The van der Waals surface area contributed by atoms with Gasteiger partial charge in [-0.25, -0.2) is 9.13 Å². The molecule has 0 aromatic heterocycles. The van der Waals surface area contributed by atoms with Crippen LogP contribution in [0.25, 0.3) is 0 Å². The van der Waals surface area contributed by atoms with E-state index in [4.69, 9.17) is 37.0 Å². The molecule has 2 unspecified atom stereocenters. The molecule has 0 saturated heterocycles. The van der Waals surface area contributed by atoms with E-state index in [2.05, 4.69) is 161 Å². The number of esters is 4. The lowest BCUT2D eigenvalue weighted by Crippen LogP contribution is -2.30. The lowest BCUT2D eigenvalue weighted by molar-refractivity contribution is -0.161. The molecule has 0 aliphatic heterocycles. The Morgan fingerprint density at radius 3 is 0.815 bits per heavy atom. The Bertz CT molecular complexity index is 2710. The third kappa shape index (κ3) is 78.5. The summed E-state index contributed by atoms with van der Waals surface area (Å²) in [5.41, 5.74) is 0. The maximum absolute atomic E-state index is 13.1. The van der Waals surface area contributed by atoms with Crippen LogP contribution >= 0.6 is 15.6 Å². The first-order valence-electron chi connectivity index (χ1n) is 41.4. The average molecular weight is 1550 g/mol. The Morgan fingerprint density at radius 1 is 0.269 bits per heavy atom. The van der Waals surface area contributed by atoms with E-state index in [0.717, 1.165) is 141 Å². The highest BCUT2D eigenvalue weighted by Gasteiger charge is 2.30. The number of aliphatic hydroxyl groups excluding tert-OH is 1. The smallest absolute Gasteiger partial charge is 0.462 e. The third-order valence-corrected chi connectivity index (χ3v) is 18.6. The molecule has 0 amide bonds. The number of phosphoric ester groups is 2. The fourth-order valence-corrected chi connectivity index (χ4v) is 12.0. The normalized spacial score (nSPS) is 14.7. The summed E-state index contributed by atoms with van der Waals surface area (Å²) in [6, 6.07) is 0. The lowest BCUT2D eigenvalue weighted by atomic mass is 10.1. The van der Waals surface area contributed by atoms with Crippen LogP contribution in [0, 0.1) is 0 Å². The number of phosphoric acid groups is 2. The molecule has 614 valence electrons. The van der Waals surface area contributed by atoms with E-state index in [-0.39, 0.29) is 25.7 Å². The summed E-state index contributed by atoms with van der Waals surface area (Å²) in [6.07, 6.45) is 95.0. The van der Waals surface area contributed by atoms with Gasteiger partial charge in [0.15, 0.2) is 12.2 Å². The van der Waals surface area contributed by atoms with Gasteiger partial charge in [-0.2, -0.15) is 0 Å². The highest BCUT2D eigenvalue weighted by molar-refractivity contribution is 7.47. The van der Waals surface area contributed by atoms with Crippen molar-refractivity contribution in [1.82, 2.24) is 0 Å². The van der Waals surface area contributed by atoms with E-state index in [1.165, 1.54) is 77.0 Å². The van der Waals surface area contributed by atoms with Crippen LogP contribution in [0.3, 0.4) is 0 Å². The second-order valence-electron chi connectivity index (χ2n) is 26.9. The van der Waals surface area contributed by atoms with E-state index < -0.39 is 97.5 Å². The SMILES string of the molecule is CC/C=C\C/C=C\C/C=C\C/C=C\C/C=C\C/C=C\CCC(=O)OC[C@H](COP(=O)(O)OC[C@@H](O)COP(=O)(O)OC[C@@H](COC(=O)CCCCCCC/C=C\CCCCCCCC)OC(=O)CCCCCCC/C=C\CCCCCCCC)OC(=O)CC/C=C\C/C=C\C/C=C\C/C=C\C/C=C\C/C=C\CC. The standard InChI is InChI=1S/C89H146O17P2/c1-5-9-13-17-21-25-29-33-37-39-41-43-47-50-54-58-62-66-70-74-87(92)100-80-85(106-89(94)76-72-68-64-60-56-52-48-44-42-40-38-34-30-26-22-18-14-10-6-2)82-104-108(97,98)102-78-83(90)77-101-107(95,96)103-81-84(105-88(93)75-71-67-63-59-55-51-46-36-32-28-24-20-16-12-8-4)79-99-86(91)73-69-65-61-57-53-49-45-35-31-27-23-19-15-11-7-3/h9-10,13-14,21-22,25-26,33-38,41-46,50,52,54,56,62,64,66,68,83-85,90H,5-8,11-12,15-20,23-24,27-32,39-40,47-49,51,53,55,57-61,63,65,67,69-82H2,1-4H3,(H,95,96)(H,97,98)/b13-9-,14-10-,25-21-,26-22-,37-33-,38-34-,43-41-,44-42-,45-35-,46-36-,54-50-,56-52-,66-62-,68-64-/t83-,84+,85+/m0/s1. The van der Waals surface area contributed by atoms with Gasteiger partial charge in [-0.05, 0) is 154 Å². The van der Waals surface area contributed by atoms with Crippen LogP contribution in [-0.4, -0.2) is 96.7 Å². The topological polar surface area (TPSA) is 237 Å². The summed E-state index contributed by atoms with van der Waals surface area (Å²) < 4.78 is 68.5. The molecule has 19 heteroatoms. The van der Waals surface area contributed by atoms with Gasteiger partial charge in [-0.15, -0.1) is 0 Å². The molecule has 108 heavy (non-hydrogen) atoms. The number of aliphatic hydroxyl groups is 1. The zero-order valence-corrected chi connectivity index (χ0v) is 69.0. The number of rotatable bonds is 76. The van der Waals surface area contributed by atoms with Gasteiger partial charge < -0.3 is 33.8 Å². The van der Waals surface area contributed by atoms with Crippen LogP contribution in [0.1, 0.15) is 310 Å². The van der Waals surface area contributed by atoms with E-state index in [1.54, 1.807) is 0 Å². The highest BCUT2D eigenvalue weighted by Crippen LogP contribution is 2.45. The van der Waals surface area contributed by atoms with Gasteiger partial charge in [0.25, 0.3) is 0 Å². The Balaban J connectivity index is 5.54. The van der Waals surface area contributed by atoms with Gasteiger partial charge >= 0.3 is 39.5 Å². The van der Waals surface area contributed by atoms with Crippen molar-refractivity contribution in [3.05, 3.63) is 170 Å². The highest BCUT2D eigenvalue weighted by atomic mass is 31.2. The van der Waals surface area contributed by atoms with Crippen molar-refractivity contribution in [2.75, 3.05) is 39.6 Å². The Labute approximate surface area is 654 Å². The van der Waals surface area contributed by atoms with Crippen LogP contribution in [0.2, 0.25) is 0 Å². The van der Waals surface area contributed by atoms with Crippen LogP contribution in [0.15, 0.2) is 170 Å². The van der Waals surface area contributed by atoms with Crippen molar-refractivity contribution >= 4 is 39.5 Å². The second kappa shape index (κ2) is 79.5. The van der Waals surface area contributed by atoms with Gasteiger partial charge in [0.2, 0.25) is 0 Å².